The molecule has 25 heavy (non-hydrogen) atoms. The van der Waals surface area contributed by atoms with E-state index in [2.05, 4.69) is 0 Å². The highest BCUT2D eigenvalue weighted by atomic mass is 35.5. The number of esters is 1. The third-order valence-electron chi connectivity index (χ3n) is 3.58. The van der Waals surface area contributed by atoms with E-state index in [1.807, 2.05) is 6.07 Å². The van der Waals surface area contributed by atoms with E-state index in [1.165, 1.54) is 6.07 Å². The minimum absolute atomic E-state index is 0.175. The van der Waals surface area contributed by atoms with Crippen molar-refractivity contribution in [3.8, 4) is 11.5 Å². The van der Waals surface area contributed by atoms with Crippen LogP contribution in [0.1, 0.15) is 28.8 Å². The van der Waals surface area contributed by atoms with E-state index in [-0.39, 0.29) is 23.9 Å². The Labute approximate surface area is 155 Å². The first-order valence-electron chi connectivity index (χ1n) is 7.68. The summed E-state index contributed by atoms with van der Waals surface area (Å²) < 4.78 is 10.8. The van der Waals surface area contributed by atoms with Crippen molar-refractivity contribution in [1.82, 2.24) is 0 Å². The molecule has 2 aromatic carbocycles. The first-order chi connectivity index (χ1) is 12.1. The Morgan fingerprint density at radius 3 is 2.76 bits per heavy atom. The van der Waals surface area contributed by atoms with E-state index in [0.29, 0.717) is 39.9 Å². The van der Waals surface area contributed by atoms with Gasteiger partial charge in [-0.15, -0.1) is 11.6 Å². The summed E-state index contributed by atoms with van der Waals surface area (Å²) in [5, 5.41) is 0.524. The Kier molecular flexibility index (Phi) is 5.41. The highest BCUT2D eigenvalue weighted by molar-refractivity contribution is 6.32. The number of Topliss-reactive ketones (excluding diaryl/α,β-unsaturated/α-hetero) is 1. The van der Waals surface area contributed by atoms with Gasteiger partial charge in [0.2, 0.25) is 5.78 Å². The third-order valence-corrected chi connectivity index (χ3v) is 4.19. The molecular weight excluding hydrogens is 363 g/mol. The largest absolute Gasteiger partial charge is 0.452 e. The highest BCUT2D eigenvalue weighted by Gasteiger charge is 2.28. The molecule has 0 saturated heterocycles. The fraction of sp³-hybridized carbons (Fsp3) is 0.158. The molecule has 6 heteroatoms. The van der Waals surface area contributed by atoms with Crippen molar-refractivity contribution in [3.05, 3.63) is 64.4 Å². The van der Waals surface area contributed by atoms with Crippen LogP contribution in [-0.2, 0) is 4.79 Å². The average Bonchev–Trinajstić information content (AvgIpc) is 2.90. The Hall–Kier alpha value is -2.30. The van der Waals surface area contributed by atoms with E-state index in [0.717, 1.165) is 0 Å². The van der Waals surface area contributed by atoms with Crippen molar-refractivity contribution in [1.29, 1.82) is 0 Å². The van der Waals surface area contributed by atoms with Crippen LogP contribution < -0.4 is 9.47 Å². The van der Waals surface area contributed by atoms with E-state index >= 15 is 0 Å². The molecule has 0 unspecified atom stereocenters. The number of benzene rings is 2. The van der Waals surface area contributed by atoms with Crippen molar-refractivity contribution in [3.63, 3.8) is 0 Å². The molecule has 0 amide bonds. The van der Waals surface area contributed by atoms with Crippen LogP contribution >= 0.6 is 23.2 Å². The lowest BCUT2D eigenvalue weighted by molar-refractivity contribution is -0.134. The van der Waals surface area contributed by atoms with E-state index in [4.69, 9.17) is 32.7 Å². The highest BCUT2D eigenvalue weighted by Crippen LogP contribution is 2.35. The number of rotatable bonds is 5. The molecule has 0 atom stereocenters. The molecule has 0 N–H and O–H groups in total. The van der Waals surface area contributed by atoms with Gasteiger partial charge in [0.15, 0.2) is 5.76 Å². The Morgan fingerprint density at radius 1 is 1.20 bits per heavy atom. The zero-order valence-corrected chi connectivity index (χ0v) is 14.6. The Morgan fingerprint density at radius 2 is 2.00 bits per heavy atom. The fourth-order valence-corrected chi connectivity index (χ4v) is 2.68. The molecule has 2 aromatic rings. The zero-order valence-electron chi connectivity index (χ0n) is 13.1. The van der Waals surface area contributed by atoms with Crippen molar-refractivity contribution in [2.75, 3.05) is 5.88 Å². The first kappa shape index (κ1) is 17.5. The number of hydrogen-bond acceptors (Lipinski definition) is 4. The molecule has 1 heterocycles. The van der Waals surface area contributed by atoms with E-state index in [1.54, 1.807) is 36.4 Å². The summed E-state index contributed by atoms with van der Waals surface area (Å²) in [6.07, 6.45) is 2.37. The van der Waals surface area contributed by atoms with Crippen molar-refractivity contribution in [2.45, 2.75) is 12.8 Å². The van der Waals surface area contributed by atoms with Crippen molar-refractivity contribution >= 4 is 41.0 Å². The molecule has 128 valence electrons. The maximum Gasteiger partial charge on any atom is 0.311 e. The van der Waals surface area contributed by atoms with Gasteiger partial charge in [-0.2, -0.15) is 0 Å². The normalized spacial score (nSPS) is 14.3. The second kappa shape index (κ2) is 7.72. The number of ether oxygens (including phenoxy) is 2. The van der Waals surface area contributed by atoms with Gasteiger partial charge in [0.25, 0.3) is 0 Å². The van der Waals surface area contributed by atoms with Gasteiger partial charge in [0.05, 0.1) is 5.56 Å². The summed E-state index contributed by atoms with van der Waals surface area (Å²) in [5.41, 5.74) is 1.10. The standard InChI is InChI=1S/C19H14Cl2O4/c20-9-3-6-18(22)24-13-7-8-14-16(11-13)25-17(19(14)23)10-12-4-1-2-5-15(12)21/h1-2,4-5,7-8,10-11H,3,6,9H2/b17-10-. The minimum Gasteiger partial charge on any atom is -0.452 e. The molecule has 1 aliphatic rings. The number of hydrogen-bond donors (Lipinski definition) is 0. The zero-order chi connectivity index (χ0) is 17.8. The maximum atomic E-state index is 12.4. The van der Waals surface area contributed by atoms with Crippen LogP contribution in [0.25, 0.3) is 6.08 Å². The number of allylic oxidation sites excluding steroid dienone is 1. The van der Waals surface area contributed by atoms with Gasteiger partial charge in [0.1, 0.15) is 11.5 Å². The molecular formula is C19H14Cl2O4. The number of carbonyl (C=O) groups excluding carboxylic acids is 2. The summed E-state index contributed by atoms with van der Waals surface area (Å²) in [7, 11) is 0. The van der Waals surface area contributed by atoms with Crippen LogP contribution in [0.4, 0.5) is 0 Å². The van der Waals surface area contributed by atoms with Crippen molar-refractivity contribution in [2.24, 2.45) is 0 Å². The molecule has 0 fully saturated rings. The molecule has 4 nitrogen and oxygen atoms in total. The summed E-state index contributed by atoms with van der Waals surface area (Å²) in [6.45, 7) is 0. The summed E-state index contributed by atoms with van der Waals surface area (Å²) in [4.78, 5) is 24.1. The number of alkyl halides is 1. The molecule has 0 aliphatic carbocycles. The predicted octanol–water partition coefficient (Wildman–Crippen LogP) is 4.88. The predicted molar refractivity (Wildman–Crippen MR) is 96.4 cm³/mol. The molecule has 1 aliphatic heterocycles. The number of carbonyl (C=O) groups is 2. The number of ketones is 1. The summed E-state index contributed by atoms with van der Waals surface area (Å²) in [6, 6.07) is 11.8. The van der Waals surface area contributed by atoms with Crippen LogP contribution in [0.5, 0.6) is 11.5 Å². The van der Waals surface area contributed by atoms with Crippen LogP contribution in [-0.4, -0.2) is 17.6 Å². The first-order valence-corrected chi connectivity index (χ1v) is 8.59. The number of halogens is 2. The van der Waals surface area contributed by atoms with Crippen LogP contribution in [0.2, 0.25) is 5.02 Å². The van der Waals surface area contributed by atoms with Crippen molar-refractivity contribution < 1.29 is 19.1 Å². The van der Waals surface area contributed by atoms with E-state index < -0.39 is 0 Å². The number of fused-ring (bicyclic) bond motifs is 1. The average molecular weight is 377 g/mol. The van der Waals surface area contributed by atoms with Gasteiger partial charge in [-0.1, -0.05) is 29.8 Å². The fourth-order valence-electron chi connectivity index (χ4n) is 2.36. The Bertz CT molecular complexity index is 858. The second-order valence-electron chi connectivity index (χ2n) is 5.39. The summed E-state index contributed by atoms with van der Waals surface area (Å²) in [5.74, 6) is 0.629. The second-order valence-corrected chi connectivity index (χ2v) is 6.17. The van der Waals surface area contributed by atoms with Crippen LogP contribution in [0.3, 0.4) is 0 Å². The van der Waals surface area contributed by atoms with E-state index in [9.17, 15) is 9.59 Å². The topological polar surface area (TPSA) is 52.6 Å². The van der Waals surface area contributed by atoms with Crippen LogP contribution in [0, 0.1) is 0 Å². The molecule has 0 bridgehead atoms. The SMILES string of the molecule is O=C(CCCCl)Oc1ccc2c(c1)O/C(=C\c1ccccc1Cl)C2=O. The van der Waals surface area contributed by atoms with Gasteiger partial charge in [-0.25, -0.2) is 0 Å². The lowest BCUT2D eigenvalue weighted by Gasteiger charge is -2.05. The quantitative estimate of drug-likeness (QED) is 0.323. The summed E-state index contributed by atoms with van der Waals surface area (Å²) >= 11 is 11.7. The van der Waals surface area contributed by atoms with Gasteiger partial charge in [0, 0.05) is 23.4 Å². The lowest BCUT2D eigenvalue weighted by Crippen LogP contribution is -2.07. The third kappa shape index (κ3) is 4.03. The monoisotopic (exact) mass is 376 g/mol. The van der Waals surface area contributed by atoms with Gasteiger partial charge >= 0.3 is 5.97 Å². The van der Waals surface area contributed by atoms with Gasteiger partial charge in [-0.05, 0) is 36.3 Å². The molecule has 3 rings (SSSR count). The minimum atomic E-state index is -0.378. The molecule has 0 radical (unpaired) electrons. The molecule has 0 saturated carbocycles. The molecule has 0 spiro atoms. The Balaban J connectivity index is 1.80. The smallest absolute Gasteiger partial charge is 0.311 e. The maximum absolute atomic E-state index is 12.4. The molecule has 0 aromatic heterocycles. The van der Waals surface area contributed by atoms with Gasteiger partial charge < -0.3 is 9.47 Å². The lowest BCUT2D eigenvalue weighted by atomic mass is 10.1. The van der Waals surface area contributed by atoms with Gasteiger partial charge in [-0.3, -0.25) is 9.59 Å². The van der Waals surface area contributed by atoms with Crippen LogP contribution in [0.15, 0.2) is 48.2 Å².